The lowest BCUT2D eigenvalue weighted by atomic mass is 10.2. The third-order valence-electron chi connectivity index (χ3n) is 4.06. The molecule has 30 heavy (non-hydrogen) atoms. The molecule has 2 N–H and O–H groups in total. The van der Waals surface area contributed by atoms with Crippen molar-refractivity contribution in [2.45, 2.75) is 4.58 Å². The Labute approximate surface area is 181 Å². The van der Waals surface area contributed by atoms with E-state index in [2.05, 4.69) is 10.5 Å². The molecule has 1 heterocycles. The Balaban J connectivity index is 1.53. The van der Waals surface area contributed by atoms with E-state index in [0.29, 0.717) is 10.3 Å². The van der Waals surface area contributed by atoms with Gasteiger partial charge in [0.1, 0.15) is 5.75 Å². The highest BCUT2D eigenvalue weighted by molar-refractivity contribution is 8.19. The number of nitro benzene ring substituents is 1. The van der Waals surface area contributed by atoms with Crippen molar-refractivity contribution in [3.8, 4) is 17.2 Å². The Morgan fingerprint density at radius 3 is 2.67 bits per heavy atom. The first-order valence-corrected chi connectivity index (χ1v) is 10.9. The first kappa shape index (κ1) is 21.8. The van der Waals surface area contributed by atoms with Crippen LogP contribution in [-0.2, 0) is 4.79 Å². The number of hydrogen-bond acceptors (Lipinski definition) is 9. The highest BCUT2D eigenvalue weighted by atomic mass is 32.2. The van der Waals surface area contributed by atoms with E-state index in [0.717, 1.165) is 29.9 Å². The van der Waals surface area contributed by atoms with Gasteiger partial charge in [0.15, 0.2) is 18.1 Å². The van der Waals surface area contributed by atoms with Crippen molar-refractivity contribution < 1.29 is 24.3 Å². The van der Waals surface area contributed by atoms with Crippen LogP contribution < -0.4 is 14.9 Å². The maximum atomic E-state index is 11.9. The summed E-state index contributed by atoms with van der Waals surface area (Å²) in [5, 5.41) is 24.7. The molecule has 1 aliphatic rings. The number of thioether (sulfide) groups is 2. The summed E-state index contributed by atoms with van der Waals surface area (Å²) in [6, 6.07) is 9.82. The number of nitro groups is 1. The topological polar surface area (TPSA) is 123 Å². The third kappa shape index (κ3) is 5.57. The molecule has 0 unspecified atom stereocenters. The Bertz CT molecular complexity index is 946. The fraction of sp³-hybridized carbons (Fsp3) is 0.263. The number of benzene rings is 2. The second-order valence-corrected chi connectivity index (χ2v) is 8.79. The van der Waals surface area contributed by atoms with Crippen molar-refractivity contribution in [1.82, 2.24) is 5.43 Å². The molecule has 0 spiro atoms. The standard InChI is InChI=1S/C19H19N3O6S2/c1-27-16-9-14(22(25)26)8-13(18(16)24)10-20-21-17(23)11-28-15-4-2-12(3-5-15)19-29-6-7-30-19/h2-5,8-10,19,24H,6-7,11H2,1H3,(H,21,23)/b20-10-. The SMILES string of the molecule is COc1cc([N+](=O)[O-])cc(/C=N\NC(=O)COc2ccc(C3SCCS3)cc2)c1O. The first-order chi connectivity index (χ1) is 14.5. The number of rotatable bonds is 8. The molecule has 0 bridgehead atoms. The van der Waals surface area contributed by atoms with E-state index in [-0.39, 0.29) is 29.4 Å². The summed E-state index contributed by atoms with van der Waals surface area (Å²) in [5.41, 5.74) is 3.22. The van der Waals surface area contributed by atoms with Gasteiger partial charge >= 0.3 is 0 Å². The zero-order chi connectivity index (χ0) is 21.5. The highest BCUT2D eigenvalue weighted by Crippen LogP contribution is 2.45. The molecule has 3 rings (SSSR count). The van der Waals surface area contributed by atoms with Crippen LogP contribution >= 0.6 is 23.5 Å². The molecule has 0 radical (unpaired) electrons. The average Bonchev–Trinajstić information content (AvgIpc) is 3.28. The molecule has 1 saturated heterocycles. The third-order valence-corrected chi connectivity index (χ3v) is 7.16. The summed E-state index contributed by atoms with van der Waals surface area (Å²) >= 11 is 3.82. The Hall–Kier alpha value is -2.92. The van der Waals surface area contributed by atoms with Crippen LogP contribution in [0.5, 0.6) is 17.2 Å². The fourth-order valence-corrected chi connectivity index (χ4v) is 5.46. The summed E-state index contributed by atoms with van der Waals surface area (Å²) in [6.45, 7) is -0.256. The van der Waals surface area contributed by atoms with Gasteiger partial charge in [0, 0.05) is 23.1 Å². The number of phenolic OH excluding ortho intramolecular Hbond substituents is 1. The summed E-state index contributed by atoms with van der Waals surface area (Å²) in [7, 11) is 1.27. The van der Waals surface area contributed by atoms with E-state index in [4.69, 9.17) is 9.47 Å². The number of nitrogens with one attached hydrogen (secondary N) is 1. The molecule has 2 aromatic carbocycles. The monoisotopic (exact) mass is 449 g/mol. The van der Waals surface area contributed by atoms with Crippen molar-refractivity contribution in [2.75, 3.05) is 25.2 Å². The highest BCUT2D eigenvalue weighted by Gasteiger charge is 2.18. The molecule has 1 amide bonds. The van der Waals surface area contributed by atoms with E-state index in [1.807, 2.05) is 47.8 Å². The molecule has 1 aliphatic heterocycles. The number of phenols is 1. The number of amides is 1. The zero-order valence-corrected chi connectivity index (χ0v) is 17.6. The van der Waals surface area contributed by atoms with Crippen LogP contribution in [0.3, 0.4) is 0 Å². The smallest absolute Gasteiger partial charge is 0.277 e. The van der Waals surface area contributed by atoms with Crippen LogP contribution in [0.2, 0.25) is 0 Å². The lowest BCUT2D eigenvalue weighted by Gasteiger charge is -2.10. The van der Waals surface area contributed by atoms with Gasteiger partial charge in [-0.25, -0.2) is 5.43 Å². The summed E-state index contributed by atoms with van der Waals surface area (Å²) in [4.78, 5) is 22.3. The Morgan fingerprint density at radius 2 is 2.03 bits per heavy atom. The van der Waals surface area contributed by atoms with Crippen LogP contribution in [-0.4, -0.2) is 47.4 Å². The predicted octanol–water partition coefficient (Wildman–Crippen LogP) is 3.32. The number of aromatic hydroxyl groups is 1. The predicted molar refractivity (Wildman–Crippen MR) is 117 cm³/mol. The van der Waals surface area contributed by atoms with E-state index >= 15 is 0 Å². The van der Waals surface area contributed by atoms with Crippen LogP contribution in [0.25, 0.3) is 0 Å². The normalized spacial score (nSPS) is 14.0. The number of nitrogens with zero attached hydrogens (tertiary/aromatic N) is 2. The quantitative estimate of drug-likeness (QED) is 0.357. The van der Waals surface area contributed by atoms with Gasteiger partial charge in [-0.1, -0.05) is 12.1 Å². The first-order valence-electron chi connectivity index (χ1n) is 8.81. The van der Waals surface area contributed by atoms with Crippen molar-refractivity contribution in [1.29, 1.82) is 0 Å². The van der Waals surface area contributed by atoms with E-state index in [1.54, 1.807) is 0 Å². The number of methoxy groups -OCH3 is 1. The van der Waals surface area contributed by atoms with E-state index < -0.39 is 10.8 Å². The van der Waals surface area contributed by atoms with E-state index in [9.17, 15) is 20.0 Å². The molecule has 0 aliphatic carbocycles. The van der Waals surface area contributed by atoms with Crippen molar-refractivity contribution in [3.63, 3.8) is 0 Å². The largest absolute Gasteiger partial charge is 0.504 e. The second-order valence-electron chi connectivity index (χ2n) is 6.07. The van der Waals surface area contributed by atoms with Gasteiger partial charge in [-0.3, -0.25) is 14.9 Å². The molecule has 0 saturated carbocycles. The van der Waals surface area contributed by atoms with E-state index in [1.165, 1.54) is 12.7 Å². The minimum atomic E-state index is -0.624. The summed E-state index contributed by atoms with van der Waals surface area (Å²) in [5.74, 6) is 1.94. The maximum Gasteiger partial charge on any atom is 0.277 e. The van der Waals surface area contributed by atoms with Crippen LogP contribution in [0, 0.1) is 10.1 Å². The lowest BCUT2D eigenvalue weighted by molar-refractivity contribution is -0.385. The number of ether oxygens (including phenoxy) is 2. The van der Waals surface area contributed by atoms with Crippen molar-refractivity contribution in [2.24, 2.45) is 5.10 Å². The zero-order valence-electron chi connectivity index (χ0n) is 15.9. The van der Waals surface area contributed by atoms with Gasteiger partial charge in [-0.05, 0) is 17.7 Å². The Kier molecular flexibility index (Phi) is 7.41. The van der Waals surface area contributed by atoms with Crippen LogP contribution in [0.4, 0.5) is 5.69 Å². The van der Waals surface area contributed by atoms with Gasteiger partial charge in [-0.2, -0.15) is 5.10 Å². The maximum absolute atomic E-state index is 11.9. The second kappa shape index (κ2) is 10.2. The number of hydrazone groups is 1. The molecular formula is C19H19N3O6S2. The summed E-state index contributed by atoms with van der Waals surface area (Å²) in [6.07, 6.45) is 1.09. The molecule has 11 heteroatoms. The van der Waals surface area contributed by atoms with Crippen molar-refractivity contribution in [3.05, 3.63) is 57.6 Å². The number of carbonyl (C=O) groups is 1. The van der Waals surface area contributed by atoms with Crippen LogP contribution in [0.15, 0.2) is 41.5 Å². The van der Waals surface area contributed by atoms with Crippen LogP contribution in [0.1, 0.15) is 15.7 Å². The minimum absolute atomic E-state index is 0.0282. The lowest BCUT2D eigenvalue weighted by Crippen LogP contribution is -2.24. The van der Waals surface area contributed by atoms with Gasteiger partial charge in [-0.15, -0.1) is 23.5 Å². The number of non-ortho nitro benzene ring substituents is 1. The molecule has 0 atom stereocenters. The van der Waals surface area contributed by atoms with Gasteiger partial charge < -0.3 is 14.6 Å². The molecule has 0 aromatic heterocycles. The molecular weight excluding hydrogens is 430 g/mol. The number of carbonyl (C=O) groups excluding carboxylic acids is 1. The fourth-order valence-electron chi connectivity index (χ4n) is 2.60. The molecule has 1 fully saturated rings. The Morgan fingerprint density at radius 1 is 1.33 bits per heavy atom. The van der Waals surface area contributed by atoms with Gasteiger partial charge in [0.2, 0.25) is 0 Å². The van der Waals surface area contributed by atoms with Gasteiger partial charge in [0.05, 0.1) is 28.9 Å². The average molecular weight is 450 g/mol. The molecule has 9 nitrogen and oxygen atoms in total. The summed E-state index contributed by atoms with van der Waals surface area (Å²) < 4.78 is 10.8. The molecule has 158 valence electrons. The van der Waals surface area contributed by atoms with Crippen molar-refractivity contribution >= 4 is 41.3 Å². The molecule has 2 aromatic rings. The number of hydrogen-bond donors (Lipinski definition) is 2. The minimum Gasteiger partial charge on any atom is -0.504 e. The van der Waals surface area contributed by atoms with Gasteiger partial charge in [0.25, 0.3) is 11.6 Å².